The van der Waals surface area contributed by atoms with Crippen LogP contribution in [0.3, 0.4) is 0 Å². The van der Waals surface area contributed by atoms with E-state index >= 15 is 0 Å². The van der Waals surface area contributed by atoms with Gasteiger partial charge in [-0.1, -0.05) is 30.1 Å². The zero-order valence-electron chi connectivity index (χ0n) is 10.1. The van der Waals surface area contributed by atoms with Crippen LogP contribution in [0.5, 0.6) is 0 Å². The largest absolute Gasteiger partial charge is 0.387 e. The molecule has 2 rings (SSSR count). The van der Waals surface area contributed by atoms with E-state index in [4.69, 9.17) is 23.2 Å². The number of aryl methyl sites for hydroxylation is 1. The van der Waals surface area contributed by atoms with E-state index in [0.29, 0.717) is 10.0 Å². The molecule has 0 saturated carbocycles. The Hall–Kier alpha value is -0.990. The summed E-state index contributed by atoms with van der Waals surface area (Å²) in [7, 11) is 1.90. The van der Waals surface area contributed by atoms with Crippen LogP contribution in [-0.2, 0) is 6.42 Å². The quantitative estimate of drug-likeness (QED) is 0.870. The molecule has 0 aliphatic carbocycles. The van der Waals surface area contributed by atoms with Crippen molar-refractivity contribution in [1.29, 1.82) is 0 Å². The Morgan fingerprint density at radius 2 is 2.00 bits per heavy atom. The zero-order chi connectivity index (χ0) is 12.6. The molecule has 1 aromatic carbocycles. The predicted molar refractivity (Wildman–Crippen MR) is 75.4 cm³/mol. The van der Waals surface area contributed by atoms with Gasteiger partial charge in [-0.05, 0) is 31.0 Å². The summed E-state index contributed by atoms with van der Waals surface area (Å²) >= 11 is 12.2. The van der Waals surface area contributed by atoms with Crippen LogP contribution in [0.1, 0.15) is 18.2 Å². The fourth-order valence-corrected chi connectivity index (χ4v) is 2.64. The van der Waals surface area contributed by atoms with Crippen LogP contribution in [0, 0.1) is 6.92 Å². The lowest BCUT2D eigenvalue weighted by Crippen LogP contribution is -2.01. The second-order valence-electron chi connectivity index (χ2n) is 3.95. The molecule has 0 fully saturated rings. The number of pyridine rings is 1. The normalized spacial score (nSPS) is 10.9. The lowest BCUT2D eigenvalue weighted by molar-refractivity contribution is 1.03. The van der Waals surface area contributed by atoms with Crippen LogP contribution >= 0.6 is 23.2 Å². The summed E-state index contributed by atoms with van der Waals surface area (Å²) in [5.74, 6) is 0. The number of aromatic nitrogens is 1. The summed E-state index contributed by atoms with van der Waals surface area (Å²) in [6, 6.07) is 3.63. The summed E-state index contributed by atoms with van der Waals surface area (Å²) in [5.41, 5.74) is 4.08. The van der Waals surface area contributed by atoms with E-state index in [1.807, 2.05) is 13.1 Å². The Bertz CT molecular complexity index is 579. The van der Waals surface area contributed by atoms with Gasteiger partial charge >= 0.3 is 0 Å². The van der Waals surface area contributed by atoms with Crippen LogP contribution in [0.4, 0.5) is 5.69 Å². The first-order valence-electron chi connectivity index (χ1n) is 5.54. The minimum Gasteiger partial charge on any atom is -0.387 e. The van der Waals surface area contributed by atoms with Gasteiger partial charge in [-0.15, -0.1) is 0 Å². The van der Waals surface area contributed by atoms with E-state index in [9.17, 15) is 0 Å². The van der Waals surface area contributed by atoms with Gasteiger partial charge in [-0.2, -0.15) is 0 Å². The minimum absolute atomic E-state index is 0.596. The van der Waals surface area contributed by atoms with E-state index in [0.717, 1.165) is 34.3 Å². The fraction of sp³-hybridized carbons (Fsp3) is 0.308. The number of hydrogen-bond acceptors (Lipinski definition) is 2. The molecule has 0 aliphatic heterocycles. The van der Waals surface area contributed by atoms with Gasteiger partial charge in [-0.3, -0.25) is 4.98 Å². The molecule has 0 bridgehead atoms. The molecule has 0 aliphatic rings. The standard InChI is InChI=1S/C13H14Cl2N2/c1-4-11-7(2)12(16-3)9-5-8(14)6-10(15)13(9)17-11/h5-6H,4H2,1-3H3,(H,16,17). The lowest BCUT2D eigenvalue weighted by Gasteiger charge is -2.14. The van der Waals surface area contributed by atoms with Crippen molar-refractivity contribution in [2.45, 2.75) is 20.3 Å². The number of anilines is 1. The van der Waals surface area contributed by atoms with E-state index in [-0.39, 0.29) is 0 Å². The molecule has 0 radical (unpaired) electrons. The number of hydrogen-bond donors (Lipinski definition) is 1. The van der Waals surface area contributed by atoms with Gasteiger partial charge in [0.25, 0.3) is 0 Å². The monoisotopic (exact) mass is 268 g/mol. The van der Waals surface area contributed by atoms with Gasteiger partial charge in [0.05, 0.1) is 10.5 Å². The summed E-state index contributed by atoms with van der Waals surface area (Å²) in [5, 5.41) is 5.41. The molecule has 1 heterocycles. The molecule has 4 heteroatoms. The van der Waals surface area contributed by atoms with Gasteiger partial charge in [-0.25, -0.2) is 0 Å². The summed E-state index contributed by atoms with van der Waals surface area (Å²) in [4.78, 5) is 4.61. The number of fused-ring (bicyclic) bond motifs is 1. The Morgan fingerprint density at radius 1 is 1.29 bits per heavy atom. The van der Waals surface area contributed by atoms with Crippen molar-refractivity contribution in [1.82, 2.24) is 4.98 Å². The number of benzene rings is 1. The van der Waals surface area contributed by atoms with Crippen LogP contribution in [0.15, 0.2) is 12.1 Å². The van der Waals surface area contributed by atoms with E-state index in [1.54, 1.807) is 6.07 Å². The molecule has 0 spiro atoms. The summed E-state index contributed by atoms with van der Waals surface area (Å²) in [6.45, 7) is 4.15. The number of nitrogens with one attached hydrogen (secondary N) is 1. The second-order valence-corrected chi connectivity index (χ2v) is 4.79. The Labute approximate surface area is 111 Å². The molecular formula is C13H14Cl2N2. The first kappa shape index (κ1) is 12.5. The Kier molecular flexibility index (Phi) is 3.45. The predicted octanol–water partition coefficient (Wildman–Crippen LogP) is 4.45. The molecule has 90 valence electrons. The van der Waals surface area contributed by atoms with Crippen molar-refractivity contribution >= 4 is 39.8 Å². The topological polar surface area (TPSA) is 24.9 Å². The third-order valence-electron chi connectivity index (χ3n) is 2.94. The van der Waals surface area contributed by atoms with Gasteiger partial charge < -0.3 is 5.32 Å². The van der Waals surface area contributed by atoms with Crippen molar-refractivity contribution in [3.8, 4) is 0 Å². The van der Waals surface area contributed by atoms with E-state index < -0.39 is 0 Å². The van der Waals surface area contributed by atoms with Crippen molar-refractivity contribution in [3.05, 3.63) is 33.4 Å². The van der Waals surface area contributed by atoms with Crippen LogP contribution < -0.4 is 5.32 Å². The van der Waals surface area contributed by atoms with Crippen molar-refractivity contribution in [3.63, 3.8) is 0 Å². The average molecular weight is 269 g/mol. The molecule has 2 aromatic rings. The van der Waals surface area contributed by atoms with Crippen LogP contribution in [0.25, 0.3) is 10.9 Å². The smallest absolute Gasteiger partial charge is 0.0913 e. The number of rotatable bonds is 2. The molecule has 0 amide bonds. The third kappa shape index (κ3) is 2.07. The van der Waals surface area contributed by atoms with Gasteiger partial charge in [0.2, 0.25) is 0 Å². The van der Waals surface area contributed by atoms with E-state index in [1.165, 1.54) is 0 Å². The highest BCUT2D eigenvalue weighted by Crippen LogP contribution is 2.34. The molecular weight excluding hydrogens is 255 g/mol. The van der Waals surface area contributed by atoms with Crippen LogP contribution in [0.2, 0.25) is 10.0 Å². The zero-order valence-corrected chi connectivity index (χ0v) is 11.6. The molecule has 2 nitrogen and oxygen atoms in total. The van der Waals surface area contributed by atoms with Crippen molar-refractivity contribution in [2.75, 3.05) is 12.4 Å². The van der Waals surface area contributed by atoms with Crippen LogP contribution in [-0.4, -0.2) is 12.0 Å². The highest BCUT2D eigenvalue weighted by molar-refractivity contribution is 6.38. The maximum atomic E-state index is 6.20. The highest BCUT2D eigenvalue weighted by atomic mass is 35.5. The van der Waals surface area contributed by atoms with E-state index in [2.05, 4.69) is 24.1 Å². The van der Waals surface area contributed by atoms with Crippen molar-refractivity contribution in [2.24, 2.45) is 0 Å². The third-order valence-corrected chi connectivity index (χ3v) is 3.44. The SMILES string of the molecule is CCc1nc2c(Cl)cc(Cl)cc2c(NC)c1C. The van der Waals surface area contributed by atoms with Gasteiger partial charge in [0.15, 0.2) is 0 Å². The lowest BCUT2D eigenvalue weighted by atomic mass is 10.1. The molecule has 0 saturated heterocycles. The maximum absolute atomic E-state index is 6.20. The van der Waals surface area contributed by atoms with Gasteiger partial charge in [0.1, 0.15) is 0 Å². The first-order chi connectivity index (χ1) is 8.08. The van der Waals surface area contributed by atoms with Crippen molar-refractivity contribution < 1.29 is 0 Å². The number of nitrogens with zero attached hydrogens (tertiary/aromatic N) is 1. The Morgan fingerprint density at radius 3 is 2.59 bits per heavy atom. The first-order valence-corrected chi connectivity index (χ1v) is 6.30. The molecule has 17 heavy (non-hydrogen) atoms. The second kappa shape index (κ2) is 4.71. The minimum atomic E-state index is 0.596. The molecule has 0 unspecified atom stereocenters. The Balaban J connectivity index is 2.92. The number of halogens is 2. The summed E-state index contributed by atoms with van der Waals surface area (Å²) in [6.07, 6.45) is 0.884. The molecule has 0 atom stereocenters. The molecule has 1 N–H and O–H groups in total. The highest BCUT2D eigenvalue weighted by Gasteiger charge is 2.12. The van der Waals surface area contributed by atoms with Gasteiger partial charge in [0, 0.05) is 28.8 Å². The molecule has 1 aromatic heterocycles. The average Bonchev–Trinajstić information content (AvgIpc) is 2.28. The fourth-order valence-electron chi connectivity index (χ4n) is 2.10. The maximum Gasteiger partial charge on any atom is 0.0913 e. The summed E-state index contributed by atoms with van der Waals surface area (Å²) < 4.78 is 0.